The molecule has 27 heavy (non-hydrogen) atoms. The molecule has 2 aromatic carbocycles. The number of rotatable bonds is 6. The van der Waals surface area contributed by atoms with Crippen LogP contribution in [0, 0.1) is 5.92 Å². The number of benzene rings is 2. The van der Waals surface area contributed by atoms with Crippen LogP contribution in [0.3, 0.4) is 0 Å². The van der Waals surface area contributed by atoms with E-state index in [0.717, 1.165) is 5.56 Å². The zero-order valence-electron chi connectivity index (χ0n) is 15.0. The van der Waals surface area contributed by atoms with Gasteiger partial charge in [0.2, 0.25) is 15.9 Å². The summed E-state index contributed by atoms with van der Waals surface area (Å²) in [7, 11) is -3.49. The van der Waals surface area contributed by atoms with Gasteiger partial charge >= 0.3 is 0 Å². The lowest BCUT2D eigenvalue weighted by atomic mass is 9.99. The number of carbonyl (C=O) groups is 1. The highest BCUT2D eigenvalue weighted by atomic mass is 35.5. The van der Waals surface area contributed by atoms with Crippen LogP contribution >= 0.6 is 11.6 Å². The molecule has 1 heterocycles. The van der Waals surface area contributed by atoms with Gasteiger partial charge in [0.05, 0.1) is 11.7 Å². The van der Waals surface area contributed by atoms with E-state index in [1.54, 1.807) is 24.3 Å². The van der Waals surface area contributed by atoms with E-state index >= 15 is 0 Å². The van der Waals surface area contributed by atoms with E-state index in [9.17, 15) is 13.2 Å². The molecule has 1 fully saturated rings. The summed E-state index contributed by atoms with van der Waals surface area (Å²) in [6.07, 6.45) is 1.38. The van der Waals surface area contributed by atoms with Crippen molar-refractivity contribution in [3.63, 3.8) is 0 Å². The Morgan fingerprint density at radius 1 is 1.11 bits per heavy atom. The number of carbonyl (C=O) groups excluding carboxylic acids is 1. The van der Waals surface area contributed by atoms with Crippen LogP contribution in [-0.4, -0.2) is 31.7 Å². The van der Waals surface area contributed by atoms with Crippen LogP contribution in [0.4, 0.5) is 0 Å². The van der Waals surface area contributed by atoms with Gasteiger partial charge in [-0.25, -0.2) is 12.7 Å². The lowest BCUT2D eigenvalue weighted by Gasteiger charge is -2.31. The fourth-order valence-electron chi connectivity index (χ4n) is 3.27. The van der Waals surface area contributed by atoms with Crippen LogP contribution in [-0.2, 0) is 27.1 Å². The van der Waals surface area contributed by atoms with Crippen LogP contribution in [0.25, 0.3) is 0 Å². The molecule has 1 aliphatic rings. The Labute approximate surface area is 165 Å². The van der Waals surface area contributed by atoms with E-state index in [4.69, 9.17) is 11.6 Å². The van der Waals surface area contributed by atoms with Gasteiger partial charge in [0, 0.05) is 24.7 Å². The summed E-state index contributed by atoms with van der Waals surface area (Å²) in [5.74, 6) is -0.524. The Morgan fingerprint density at radius 3 is 2.59 bits per heavy atom. The lowest BCUT2D eigenvalue weighted by Crippen LogP contribution is -2.45. The van der Waals surface area contributed by atoms with Crippen molar-refractivity contribution in [2.75, 3.05) is 13.1 Å². The molecule has 2 aromatic rings. The maximum absolute atomic E-state index is 12.8. The van der Waals surface area contributed by atoms with E-state index in [0.29, 0.717) is 36.5 Å². The van der Waals surface area contributed by atoms with Gasteiger partial charge in [-0.3, -0.25) is 4.79 Å². The second-order valence-corrected chi connectivity index (χ2v) is 9.19. The van der Waals surface area contributed by atoms with Crippen LogP contribution in [0.2, 0.25) is 5.02 Å². The summed E-state index contributed by atoms with van der Waals surface area (Å²) < 4.78 is 27.0. The summed E-state index contributed by atoms with van der Waals surface area (Å²) >= 11 is 5.95. The van der Waals surface area contributed by atoms with Crippen molar-refractivity contribution in [3.05, 3.63) is 70.7 Å². The SMILES string of the molecule is O=C(NCc1ccccc1)[C@H]1CCCN(S(=O)(=O)Cc2cccc(Cl)c2)C1. The van der Waals surface area contributed by atoms with Gasteiger partial charge in [0.25, 0.3) is 0 Å². The van der Waals surface area contributed by atoms with E-state index in [2.05, 4.69) is 5.32 Å². The topological polar surface area (TPSA) is 66.5 Å². The van der Waals surface area contributed by atoms with Gasteiger partial charge < -0.3 is 5.32 Å². The molecule has 0 aromatic heterocycles. The normalized spacial score (nSPS) is 18.2. The number of amides is 1. The van der Waals surface area contributed by atoms with Crippen LogP contribution in [0.5, 0.6) is 0 Å². The lowest BCUT2D eigenvalue weighted by molar-refractivity contribution is -0.126. The minimum absolute atomic E-state index is 0.0958. The van der Waals surface area contributed by atoms with Gasteiger partial charge in [0.15, 0.2) is 0 Å². The van der Waals surface area contributed by atoms with Crippen molar-refractivity contribution < 1.29 is 13.2 Å². The summed E-state index contributed by atoms with van der Waals surface area (Å²) in [6.45, 7) is 1.13. The summed E-state index contributed by atoms with van der Waals surface area (Å²) in [4.78, 5) is 12.5. The first-order valence-corrected chi connectivity index (χ1v) is 11.0. The standard InChI is InChI=1S/C20H23ClN2O3S/c21-19-10-4-8-17(12-19)15-27(25,26)23-11-5-9-18(14-23)20(24)22-13-16-6-2-1-3-7-16/h1-4,6-8,10,12,18H,5,9,11,13-15H2,(H,22,24)/t18-/m0/s1. The molecular weight excluding hydrogens is 384 g/mol. The Kier molecular flexibility index (Phi) is 6.52. The third-order valence-electron chi connectivity index (χ3n) is 4.70. The van der Waals surface area contributed by atoms with Crippen molar-refractivity contribution >= 4 is 27.5 Å². The molecule has 1 saturated heterocycles. The summed E-state index contributed by atoms with van der Waals surface area (Å²) in [5, 5.41) is 3.43. The van der Waals surface area contributed by atoms with Crippen molar-refractivity contribution in [1.82, 2.24) is 9.62 Å². The molecule has 1 aliphatic heterocycles. The van der Waals surface area contributed by atoms with Crippen LogP contribution in [0.15, 0.2) is 54.6 Å². The predicted molar refractivity (Wildman–Crippen MR) is 107 cm³/mol. The molecule has 5 nitrogen and oxygen atoms in total. The number of nitrogens with one attached hydrogen (secondary N) is 1. The molecular formula is C20H23ClN2O3S. The molecule has 7 heteroatoms. The van der Waals surface area contributed by atoms with Crippen molar-refractivity contribution in [2.45, 2.75) is 25.1 Å². The van der Waals surface area contributed by atoms with E-state index in [1.165, 1.54) is 4.31 Å². The molecule has 3 rings (SSSR count). The average Bonchev–Trinajstić information content (AvgIpc) is 2.67. The number of piperidine rings is 1. The second-order valence-electron chi connectivity index (χ2n) is 6.79. The summed E-state index contributed by atoms with van der Waals surface area (Å²) in [6, 6.07) is 16.5. The number of halogens is 1. The Bertz CT molecular complexity index is 887. The number of nitrogens with zero attached hydrogens (tertiary/aromatic N) is 1. The van der Waals surface area contributed by atoms with Crippen LogP contribution < -0.4 is 5.32 Å². The molecule has 0 bridgehead atoms. The van der Waals surface area contributed by atoms with Gasteiger partial charge in [-0.1, -0.05) is 54.1 Å². The molecule has 1 amide bonds. The Morgan fingerprint density at radius 2 is 1.85 bits per heavy atom. The highest BCUT2D eigenvalue weighted by Gasteiger charge is 2.32. The van der Waals surface area contributed by atoms with E-state index < -0.39 is 10.0 Å². The second kappa shape index (κ2) is 8.87. The molecule has 0 spiro atoms. The zero-order chi connectivity index (χ0) is 19.3. The molecule has 144 valence electrons. The fourth-order valence-corrected chi connectivity index (χ4v) is 5.08. The van der Waals surface area contributed by atoms with Gasteiger partial charge in [-0.15, -0.1) is 0 Å². The molecule has 0 saturated carbocycles. The monoisotopic (exact) mass is 406 g/mol. The van der Waals surface area contributed by atoms with Gasteiger partial charge in [-0.05, 0) is 36.1 Å². The highest BCUT2D eigenvalue weighted by Crippen LogP contribution is 2.22. The van der Waals surface area contributed by atoms with Crippen molar-refractivity contribution in [3.8, 4) is 0 Å². The quantitative estimate of drug-likeness (QED) is 0.801. The molecule has 1 atom stereocenters. The largest absolute Gasteiger partial charge is 0.352 e. The van der Waals surface area contributed by atoms with Crippen molar-refractivity contribution in [2.24, 2.45) is 5.92 Å². The predicted octanol–water partition coefficient (Wildman–Crippen LogP) is 3.20. The van der Waals surface area contributed by atoms with Crippen molar-refractivity contribution in [1.29, 1.82) is 0 Å². The maximum atomic E-state index is 12.8. The molecule has 0 radical (unpaired) electrons. The van der Waals surface area contributed by atoms with Crippen LogP contribution in [0.1, 0.15) is 24.0 Å². The van der Waals surface area contributed by atoms with E-state index in [1.807, 2.05) is 30.3 Å². The minimum atomic E-state index is -3.49. The number of sulfonamides is 1. The Hall–Kier alpha value is -1.89. The smallest absolute Gasteiger partial charge is 0.224 e. The first kappa shape index (κ1) is 19.9. The Balaban J connectivity index is 1.60. The maximum Gasteiger partial charge on any atom is 0.224 e. The third-order valence-corrected chi connectivity index (χ3v) is 6.75. The summed E-state index contributed by atoms with van der Waals surface area (Å²) in [5.41, 5.74) is 1.67. The van der Waals surface area contributed by atoms with E-state index in [-0.39, 0.29) is 24.1 Å². The highest BCUT2D eigenvalue weighted by molar-refractivity contribution is 7.88. The average molecular weight is 407 g/mol. The number of hydrogen-bond acceptors (Lipinski definition) is 3. The molecule has 0 aliphatic carbocycles. The zero-order valence-corrected chi connectivity index (χ0v) is 16.5. The first-order valence-electron chi connectivity index (χ1n) is 8.98. The minimum Gasteiger partial charge on any atom is -0.352 e. The van der Waals surface area contributed by atoms with Gasteiger partial charge in [-0.2, -0.15) is 0 Å². The number of hydrogen-bond donors (Lipinski definition) is 1. The van der Waals surface area contributed by atoms with Gasteiger partial charge in [0.1, 0.15) is 0 Å². The fraction of sp³-hybridized carbons (Fsp3) is 0.350. The molecule has 1 N–H and O–H groups in total. The molecule has 0 unspecified atom stereocenters. The first-order chi connectivity index (χ1) is 12.9. The third kappa shape index (κ3) is 5.54.